The van der Waals surface area contributed by atoms with Crippen LogP contribution in [0.4, 0.5) is 13.2 Å². The molecular formula is C14H17F3O. The van der Waals surface area contributed by atoms with Gasteiger partial charge in [0.1, 0.15) is 5.82 Å². The molecule has 100 valence electrons. The topological polar surface area (TPSA) is 20.2 Å². The Bertz CT molecular complexity index is 414. The minimum absolute atomic E-state index is 0.146. The molecule has 0 bridgehead atoms. The van der Waals surface area contributed by atoms with Crippen LogP contribution in [0.3, 0.4) is 0 Å². The van der Waals surface area contributed by atoms with Crippen molar-refractivity contribution in [2.45, 2.75) is 44.6 Å². The Labute approximate surface area is 105 Å². The molecule has 4 heteroatoms. The molecule has 1 unspecified atom stereocenters. The lowest BCUT2D eigenvalue weighted by molar-refractivity contribution is 0.152. The van der Waals surface area contributed by atoms with Crippen LogP contribution in [0.5, 0.6) is 0 Å². The van der Waals surface area contributed by atoms with Gasteiger partial charge in [-0.25, -0.2) is 13.2 Å². The summed E-state index contributed by atoms with van der Waals surface area (Å²) in [6, 6.07) is 1.24. The van der Waals surface area contributed by atoms with Gasteiger partial charge in [-0.2, -0.15) is 0 Å². The lowest BCUT2D eigenvalue weighted by Gasteiger charge is -2.15. The molecule has 1 fully saturated rings. The average Bonchev–Trinajstić information content (AvgIpc) is 2.84. The third-order valence-electron chi connectivity index (χ3n) is 3.72. The van der Waals surface area contributed by atoms with Crippen LogP contribution < -0.4 is 0 Å². The van der Waals surface area contributed by atoms with E-state index in [2.05, 4.69) is 0 Å². The molecule has 0 aromatic heterocycles. The van der Waals surface area contributed by atoms with E-state index in [0.29, 0.717) is 18.4 Å². The number of aliphatic hydroxyl groups excluding tert-OH is 1. The summed E-state index contributed by atoms with van der Waals surface area (Å²) in [5, 5.41) is 9.85. The van der Waals surface area contributed by atoms with Crippen molar-refractivity contribution in [2.75, 3.05) is 0 Å². The lowest BCUT2D eigenvalue weighted by atomic mass is 9.96. The van der Waals surface area contributed by atoms with Gasteiger partial charge in [-0.15, -0.1) is 0 Å². The maximum absolute atomic E-state index is 13.4. The van der Waals surface area contributed by atoms with Gasteiger partial charge in [0, 0.05) is 11.6 Å². The molecule has 18 heavy (non-hydrogen) atoms. The van der Waals surface area contributed by atoms with Gasteiger partial charge in [0.25, 0.3) is 0 Å². The largest absolute Gasteiger partial charge is 0.388 e. The van der Waals surface area contributed by atoms with Crippen LogP contribution >= 0.6 is 0 Å². The summed E-state index contributed by atoms with van der Waals surface area (Å²) in [5.41, 5.74) is -0.146. The number of hydrogen-bond donors (Lipinski definition) is 1. The van der Waals surface area contributed by atoms with Gasteiger partial charge in [-0.1, -0.05) is 25.7 Å². The molecule has 1 nitrogen and oxygen atoms in total. The molecule has 1 N–H and O–H groups in total. The fourth-order valence-corrected chi connectivity index (χ4v) is 2.64. The van der Waals surface area contributed by atoms with Crippen LogP contribution in [0, 0.1) is 23.4 Å². The van der Waals surface area contributed by atoms with Crippen molar-refractivity contribution in [2.24, 2.45) is 5.92 Å². The van der Waals surface area contributed by atoms with Gasteiger partial charge < -0.3 is 5.11 Å². The smallest absolute Gasteiger partial charge is 0.161 e. The molecule has 1 aromatic carbocycles. The summed E-state index contributed by atoms with van der Waals surface area (Å²) < 4.78 is 39.2. The zero-order chi connectivity index (χ0) is 13.1. The molecule has 2 rings (SSSR count). The van der Waals surface area contributed by atoms with E-state index in [9.17, 15) is 18.3 Å². The Morgan fingerprint density at radius 3 is 2.33 bits per heavy atom. The summed E-state index contributed by atoms with van der Waals surface area (Å²) in [4.78, 5) is 0. The Morgan fingerprint density at radius 1 is 1.06 bits per heavy atom. The highest BCUT2D eigenvalue weighted by Gasteiger charge is 2.20. The molecule has 0 amide bonds. The standard InChI is InChI=1S/C14H17F3O/c15-11-8-13(17)12(16)7-10(11)14(18)6-5-9-3-1-2-4-9/h7-9,14,18H,1-6H2. The minimum atomic E-state index is -1.22. The first-order chi connectivity index (χ1) is 8.58. The number of aliphatic hydroxyl groups is 1. The third kappa shape index (κ3) is 3.05. The highest BCUT2D eigenvalue weighted by molar-refractivity contribution is 5.22. The van der Waals surface area contributed by atoms with E-state index < -0.39 is 23.6 Å². The van der Waals surface area contributed by atoms with Crippen molar-refractivity contribution in [1.29, 1.82) is 0 Å². The van der Waals surface area contributed by atoms with Gasteiger partial charge in [-0.3, -0.25) is 0 Å². The highest BCUT2D eigenvalue weighted by atomic mass is 19.2. The van der Waals surface area contributed by atoms with Crippen LogP contribution in [0.25, 0.3) is 0 Å². The van der Waals surface area contributed by atoms with Crippen LogP contribution in [-0.4, -0.2) is 5.11 Å². The summed E-state index contributed by atoms with van der Waals surface area (Å²) in [5.74, 6) is -2.65. The zero-order valence-corrected chi connectivity index (χ0v) is 10.1. The lowest BCUT2D eigenvalue weighted by Crippen LogP contribution is -2.05. The van der Waals surface area contributed by atoms with E-state index in [-0.39, 0.29) is 5.56 Å². The molecule has 0 aliphatic heterocycles. The molecule has 1 saturated carbocycles. The first-order valence-corrected chi connectivity index (χ1v) is 6.40. The molecule has 0 radical (unpaired) electrons. The average molecular weight is 258 g/mol. The van der Waals surface area contributed by atoms with Crippen molar-refractivity contribution in [3.63, 3.8) is 0 Å². The fourth-order valence-electron chi connectivity index (χ4n) is 2.64. The second-order valence-electron chi connectivity index (χ2n) is 5.03. The Balaban J connectivity index is 1.99. The van der Waals surface area contributed by atoms with Crippen molar-refractivity contribution >= 4 is 0 Å². The number of benzene rings is 1. The van der Waals surface area contributed by atoms with Crippen molar-refractivity contribution < 1.29 is 18.3 Å². The summed E-state index contributed by atoms with van der Waals surface area (Å²) in [6.07, 6.45) is 4.85. The highest BCUT2D eigenvalue weighted by Crippen LogP contribution is 2.32. The fraction of sp³-hybridized carbons (Fsp3) is 0.571. The van der Waals surface area contributed by atoms with E-state index in [1.54, 1.807) is 0 Å². The molecule has 0 spiro atoms. The SMILES string of the molecule is OC(CCC1CCCC1)c1cc(F)c(F)cc1F. The summed E-state index contributed by atoms with van der Waals surface area (Å²) in [6.45, 7) is 0. The maximum Gasteiger partial charge on any atom is 0.161 e. The van der Waals surface area contributed by atoms with Crippen molar-refractivity contribution in [3.05, 3.63) is 35.1 Å². The van der Waals surface area contributed by atoms with Gasteiger partial charge in [0.15, 0.2) is 11.6 Å². The molecule has 1 aliphatic rings. The quantitative estimate of drug-likeness (QED) is 0.806. The van der Waals surface area contributed by atoms with E-state index >= 15 is 0 Å². The molecular weight excluding hydrogens is 241 g/mol. The van der Waals surface area contributed by atoms with Crippen LogP contribution in [0.1, 0.15) is 50.2 Å². The third-order valence-corrected chi connectivity index (χ3v) is 3.72. The Morgan fingerprint density at radius 2 is 1.67 bits per heavy atom. The normalized spacial score (nSPS) is 18.2. The zero-order valence-electron chi connectivity index (χ0n) is 10.1. The molecule has 0 heterocycles. The monoisotopic (exact) mass is 258 g/mol. The van der Waals surface area contributed by atoms with E-state index in [4.69, 9.17) is 0 Å². The molecule has 1 aromatic rings. The molecule has 1 aliphatic carbocycles. The predicted molar refractivity (Wildman–Crippen MR) is 62.5 cm³/mol. The van der Waals surface area contributed by atoms with Gasteiger partial charge in [0.2, 0.25) is 0 Å². The van der Waals surface area contributed by atoms with Gasteiger partial charge in [-0.05, 0) is 24.8 Å². The Hall–Kier alpha value is -1.03. The van der Waals surface area contributed by atoms with Crippen LogP contribution in [0.2, 0.25) is 0 Å². The maximum atomic E-state index is 13.4. The Kier molecular flexibility index (Phi) is 4.27. The second-order valence-corrected chi connectivity index (χ2v) is 5.03. The van der Waals surface area contributed by atoms with Crippen LogP contribution in [0.15, 0.2) is 12.1 Å². The number of rotatable bonds is 4. The first-order valence-electron chi connectivity index (χ1n) is 6.40. The molecule has 0 saturated heterocycles. The van der Waals surface area contributed by atoms with Crippen molar-refractivity contribution in [3.8, 4) is 0 Å². The number of halogens is 3. The number of hydrogen-bond acceptors (Lipinski definition) is 1. The van der Waals surface area contributed by atoms with E-state index in [1.807, 2.05) is 0 Å². The predicted octanol–water partition coefficient (Wildman–Crippen LogP) is 4.11. The first kappa shape index (κ1) is 13.4. The van der Waals surface area contributed by atoms with Gasteiger partial charge in [0.05, 0.1) is 6.10 Å². The van der Waals surface area contributed by atoms with Gasteiger partial charge >= 0.3 is 0 Å². The molecule has 1 atom stereocenters. The minimum Gasteiger partial charge on any atom is -0.388 e. The van der Waals surface area contributed by atoms with Crippen molar-refractivity contribution in [1.82, 2.24) is 0 Å². The summed E-state index contributed by atoms with van der Waals surface area (Å²) >= 11 is 0. The van der Waals surface area contributed by atoms with Crippen LogP contribution in [-0.2, 0) is 0 Å². The summed E-state index contributed by atoms with van der Waals surface area (Å²) in [7, 11) is 0. The van der Waals surface area contributed by atoms with E-state index in [1.165, 1.54) is 12.8 Å². The van der Waals surface area contributed by atoms with E-state index in [0.717, 1.165) is 25.3 Å². The second kappa shape index (κ2) is 5.74.